The van der Waals surface area contributed by atoms with Crippen LogP contribution in [0.3, 0.4) is 0 Å². The summed E-state index contributed by atoms with van der Waals surface area (Å²) < 4.78 is 9.65. The van der Waals surface area contributed by atoms with Crippen molar-refractivity contribution in [3.05, 3.63) is 0 Å². The fraction of sp³-hybridized carbons (Fsp3) is 0.929. The van der Waals surface area contributed by atoms with Gasteiger partial charge in [-0.1, -0.05) is 58.3 Å². The molecule has 0 heterocycles. The Bertz CT molecular complexity index is 169. The fourth-order valence-electron chi connectivity index (χ4n) is 1.73. The first-order valence-corrected chi connectivity index (χ1v) is 6.95. The van der Waals surface area contributed by atoms with Gasteiger partial charge in [0.2, 0.25) is 0 Å². The Labute approximate surface area is 106 Å². The molecule has 0 spiro atoms. The third-order valence-corrected chi connectivity index (χ3v) is 2.84. The summed E-state index contributed by atoms with van der Waals surface area (Å²) in [4.78, 5) is 10.7. The van der Waals surface area contributed by atoms with Crippen molar-refractivity contribution in [3.8, 4) is 0 Å². The van der Waals surface area contributed by atoms with Crippen LogP contribution in [0.15, 0.2) is 0 Å². The molecule has 0 bridgehead atoms. The number of methoxy groups -OCH3 is 1. The van der Waals surface area contributed by atoms with Crippen molar-refractivity contribution in [1.29, 1.82) is 0 Å². The van der Waals surface area contributed by atoms with Crippen LogP contribution in [0.2, 0.25) is 0 Å². The second kappa shape index (κ2) is 13.5. The van der Waals surface area contributed by atoms with Gasteiger partial charge >= 0.3 is 5.97 Å². The molecule has 0 aliphatic heterocycles. The van der Waals surface area contributed by atoms with Gasteiger partial charge in [0.15, 0.2) is 0 Å². The topological polar surface area (TPSA) is 35.5 Å². The third kappa shape index (κ3) is 13.4. The van der Waals surface area contributed by atoms with E-state index < -0.39 is 0 Å². The lowest BCUT2D eigenvalue weighted by atomic mass is 10.1. The summed E-state index contributed by atoms with van der Waals surface area (Å²) in [6, 6.07) is 0. The molecule has 0 aromatic rings. The van der Waals surface area contributed by atoms with E-state index in [-0.39, 0.29) is 12.6 Å². The van der Waals surface area contributed by atoms with E-state index in [4.69, 9.17) is 4.74 Å². The standard InChI is InChI=1S/C14H28O3/c1-3-4-5-6-7-8-9-10-11-12-17-13-14(15)16-2/h3-13H2,1-2H3. The van der Waals surface area contributed by atoms with Gasteiger partial charge in [-0.05, 0) is 6.42 Å². The number of unbranched alkanes of at least 4 members (excludes halogenated alkanes) is 8. The monoisotopic (exact) mass is 244 g/mol. The molecule has 0 aliphatic rings. The average molecular weight is 244 g/mol. The SMILES string of the molecule is CCCCCCCCCCCOCC(=O)OC. The molecule has 17 heavy (non-hydrogen) atoms. The van der Waals surface area contributed by atoms with Crippen molar-refractivity contribution in [2.45, 2.75) is 64.7 Å². The van der Waals surface area contributed by atoms with E-state index >= 15 is 0 Å². The van der Waals surface area contributed by atoms with Crippen LogP contribution >= 0.6 is 0 Å². The molecule has 0 saturated heterocycles. The first kappa shape index (κ1) is 16.4. The van der Waals surface area contributed by atoms with Crippen molar-refractivity contribution in [3.63, 3.8) is 0 Å². The van der Waals surface area contributed by atoms with Gasteiger partial charge in [0.1, 0.15) is 6.61 Å². The minimum absolute atomic E-state index is 0.0908. The summed E-state index contributed by atoms with van der Waals surface area (Å²) >= 11 is 0. The van der Waals surface area contributed by atoms with E-state index in [0.717, 1.165) is 6.42 Å². The summed E-state index contributed by atoms with van der Waals surface area (Å²) in [5.41, 5.74) is 0. The maximum atomic E-state index is 10.7. The Morgan fingerprint density at radius 3 is 1.94 bits per heavy atom. The first-order valence-electron chi connectivity index (χ1n) is 6.95. The summed E-state index contributed by atoms with van der Waals surface area (Å²) in [6.45, 7) is 3.01. The number of rotatable bonds is 12. The molecule has 0 unspecified atom stereocenters. The van der Waals surface area contributed by atoms with Crippen LogP contribution in [0.4, 0.5) is 0 Å². The molecule has 0 radical (unpaired) electrons. The second-order valence-corrected chi connectivity index (χ2v) is 4.46. The molecule has 0 aromatic carbocycles. The van der Waals surface area contributed by atoms with E-state index in [1.807, 2.05) is 0 Å². The maximum Gasteiger partial charge on any atom is 0.331 e. The van der Waals surface area contributed by atoms with Crippen molar-refractivity contribution in [1.82, 2.24) is 0 Å². The van der Waals surface area contributed by atoms with Crippen LogP contribution in [0.1, 0.15) is 64.7 Å². The quantitative estimate of drug-likeness (QED) is 0.388. The molecule has 0 atom stereocenters. The van der Waals surface area contributed by atoms with Gasteiger partial charge in [-0.2, -0.15) is 0 Å². The first-order chi connectivity index (χ1) is 8.31. The highest BCUT2D eigenvalue weighted by atomic mass is 16.6. The van der Waals surface area contributed by atoms with Crippen LogP contribution in [0.25, 0.3) is 0 Å². The highest BCUT2D eigenvalue weighted by Crippen LogP contribution is 2.09. The molecule has 3 nitrogen and oxygen atoms in total. The summed E-state index contributed by atoms with van der Waals surface area (Å²) in [5.74, 6) is -0.291. The lowest BCUT2D eigenvalue weighted by molar-refractivity contribution is -0.145. The number of hydrogen-bond donors (Lipinski definition) is 0. The van der Waals surface area contributed by atoms with Gasteiger partial charge in [-0.3, -0.25) is 0 Å². The molecular formula is C14H28O3. The smallest absolute Gasteiger partial charge is 0.331 e. The van der Waals surface area contributed by atoms with Crippen molar-refractivity contribution in [2.75, 3.05) is 20.3 Å². The van der Waals surface area contributed by atoms with E-state index in [1.165, 1.54) is 58.5 Å². The van der Waals surface area contributed by atoms with Crippen LogP contribution in [-0.2, 0) is 14.3 Å². The Kier molecular flexibility index (Phi) is 13.0. The average Bonchev–Trinajstić information content (AvgIpc) is 2.35. The zero-order chi connectivity index (χ0) is 12.8. The number of hydrogen-bond acceptors (Lipinski definition) is 3. The molecule has 102 valence electrons. The molecule has 0 saturated carbocycles. The Balaban J connectivity index is 2.96. The number of esters is 1. The Morgan fingerprint density at radius 2 is 1.41 bits per heavy atom. The highest BCUT2D eigenvalue weighted by Gasteiger charge is 1.98. The normalized spacial score (nSPS) is 10.5. The molecule has 3 heteroatoms. The van der Waals surface area contributed by atoms with Crippen molar-refractivity contribution < 1.29 is 14.3 Å². The van der Waals surface area contributed by atoms with Gasteiger partial charge in [0, 0.05) is 6.61 Å². The van der Waals surface area contributed by atoms with Gasteiger partial charge in [-0.25, -0.2) is 4.79 Å². The molecule has 0 aromatic heterocycles. The number of ether oxygens (including phenoxy) is 2. The lowest BCUT2D eigenvalue weighted by Crippen LogP contribution is -2.10. The van der Waals surface area contributed by atoms with Crippen molar-refractivity contribution in [2.24, 2.45) is 0 Å². The zero-order valence-corrected chi connectivity index (χ0v) is 11.5. The predicted octanol–water partition coefficient (Wildman–Crippen LogP) is 3.71. The third-order valence-electron chi connectivity index (χ3n) is 2.84. The van der Waals surface area contributed by atoms with E-state index in [0.29, 0.717) is 6.61 Å². The Hall–Kier alpha value is -0.570. The van der Waals surface area contributed by atoms with E-state index in [9.17, 15) is 4.79 Å². The zero-order valence-electron chi connectivity index (χ0n) is 11.5. The molecule has 0 amide bonds. The molecule has 0 rings (SSSR count). The van der Waals surface area contributed by atoms with E-state index in [2.05, 4.69) is 11.7 Å². The minimum atomic E-state index is -0.291. The second-order valence-electron chi connectivity index (χ2n) is 4.46. The number of carbonyl (C=O) groups excluding carboxylic acids is 1. The summed E-state index contributed by atoms with van der Waals surface area (Å²) in [7, 11) is 1.38. The summed E-state index contributed by atoms with van der Waals surface area (Å²) in [6.07, 6.45) is 11.7. The highest BCUT2D eigenvalue weighted by molar-refractivity contribution is 5.70. The van der Waals surface area contributed by atoms with Gasteiger partial charge in [0.25, 0.3) is 0 Å². The van der Waals surface area contributed by atoms with Crippen LogP contribution in [-0.4, -0.2) is 26.3 Å². The molecule has 0 N–H and O–H groups in total. The predicted molar refractivity (Wildman–Crippen MR) is 70.1 cm³/mol. The number of carbonyl (C=O) groups is 1. The maximum absolute atomic E-state index is 10.7. The fourth-order valence-corrected chi connectivity index (χ4v) is 1.73. The van der Waals surface area contributed by atoms with Crippen LogP contribution in [0, 0.1) is 0 Å². The van der Waals surface area contributed by atoms with Gasteiger partial charge in [-0.15, -0.1) is 0 Å². The summed E-state index contributed by atoms with van der Waals surface area (Å²) in [5, 5.41) is 0. The van der Waals surface area contributed by atoms with Crippen LogP contribution in [0.5, 0.6) is 0 Å². The largest absolute Gasteiger partial charge is 0.467 e. The molecule has 0 fully saturated rings. The van der Waals surface area contributed by atoms with E-state index in [1.54, 1.807) is 0 Å². The van der Waals surface area contributed by atoms with Crippen LogP contribution < -0.4 is 0 Å². The lowest BCUT2D eigenvalue weighted by Gasteiger charge is -2.03. The molecule has 0 aliphatic carbocycles. The van der Waals surface area contributed by atoms with Gasteiger partial charge < -0.3 is 9.47 Å². The minimum Gasteiger partial charge on any atom is -0.467 e. The Morgan fingerprint density at radius 1 is 0.882 bits per heavy atom. The van der Waals surface area contributed by atoms with Gasteiger partial charge in [0.05, 0.1) is 7.11 Å². The van der Waals surface area contributed by atoms with Crippen molar-refractivity contribution >= 4 is 5.97 Å². The molecular weight excluding hydrogens is 216 g/mol.